The molecule has 16 heavy (non-hydrogen) atoms. The first kappa shape index (κ1) is 11.5. The summed E-state index contributed by atoms with van der Waals surface area (Å²) in [5.41, 5.74) is 11.5. The van der Waals surface area contributed by atoms with Gasteiger partial charge in [0.2, 0.25) is 0 Å². The number of amidine groups is 1. The lowest BCUT2D eigenvalue weighted by Gasteiger charge is -2.03. The van der Waals surface area contributed by atoms with Crippen LogP contribution in [-0.2, 0) is 25.7 Å². The predicted molar refractivity (Wildman–Crippen MR) is 68.5 cm³/mol. The molecule has 0 saturated heterocycles. The van der Waals surface area contributed by atoms with Crippen LogP contribution in [0.2, 0.25) is 0 Å². The Hall–Kier alpha value is -1.02. The molecule has 1 aromatic rings. The number of halogens is 1. The zero-order valence-electron chi connectivity index (χ0n) is 9.25. The van der Waals surface area contributed by atoms with E-state index in [1.807, 2.05) is 0 Å². The maximum Gasteiger partial charge on any atom is 0.0943 e. The molecule has 2 aliphatic rings. The molecule has 0 spiro atoms. The summed E-state index contributed by atoms with van der Waals surface area (Å²) in [5, 5.41) is 7.51. The minimum atomic E-state index is 0. The number of aryl methyl sites for hydroxylation is 2. The van der Waals surface area contributed by atoms with Crippen LogP contribution in [0.4, 0.5) is 0 Å². The first-order chi connectivity index (χ1) is 7.24. The van der Waals surface area contributed by atoms with Crippen LogP contribution in [0, 0.1) is 11.3 Å². The predicted octanol–water partition coefficient (Wildman–Crippen LogP) is 2.25. The van der Waals surface area contributed by atoms with Crippen LogP contribution in [0.25, 0.3) is 0 Å². The smallest absolute Gasteiger partial charge is 0.0943 e. The van der Waals surface area contributed by atoms with E-state index in [0.29, 0.717) is 5.84 Å². The van der Waals surface area contributed by atoms with Crippen molar-refractivity contribution in [3.05, 3.63) is 34.4 Å². The molecule has 86 valence electrons. The Labute approximate surface area is 102 Å². The van der Waals surface area contributed by atoms with E-state index in [9.17, 15) is 0 Å². The van der Waals surface area contributed by atoms with Gasteiger partial charge in [-0.3, -0.25) is 5.41 Å². The zero-order valence-corrected chi connectivity index (χ0v) is 10.1. The summed E-state index contributed by atoms with van der Waals surface area (Å²) in [4.78, 5) is 0. The van der Waals surface area contributed by atoms with Crippen molar-refractivity contribution in [2.45, 2.75) is 32.1 Å². The molecule has 0 atom stereocenters. The molecule has 3 N–H and O–H groups in total. The number of nitrogens with one attached hydrogen (secondary N) is 1. The molecule has 2 nitrogen and oxygen atoms in total. The van der Waals surface area contributed by atoms with Gasteiger partial charge in [0, 0.05) is 5.92 Å². The molecule has 3 heteroatoms. The van der Waals surface area contributed by atoms with Crippen molar-refractivity contribution in [1.82, 2.24) is 0 Å². The molecule has 0 unspecified atom stereocenters. The van der Waals surface area contributed by atoms with Gasteiger partial charge in [-0.05, 0) is 54.4 Å². The summed E-state index contributed by atoms with van der Waals surface area (Å²) in [6.07, 6.45) is 5.77. The summed E-state index contributed by atoms with van der Waals surface area (Å²) < 4.78 is 0. The second-order valence-electron chi connectivity index (χ2n) is 4.80. The Kier molecular flexibility index (Phi) is 2.94. The third-order valence-electron chi connectivity index (χ3n) is 3.79. The lowest BCUT2D eigenvalue weighted by molar-refractivity contribution is 0.735. The highest BCUT2D eigenvalue weighted by Gasteiger charge is 2.25. The molecule has 0 fully saturated rings. The van der Waals surface area contributed by atoms with Gasteiger partial charge in [0.25, 0.3) is 0 Å². The van der Waals surface area contributed by atoms with Gasteiger partial charge in [-0.1, -0.05) is 12.1 Å². The first-order valence-corrected chi connectivity index (χ1v) is 5.71. The number of hydrogen-bond donors (Lipinski definition) is 2. The van der Waals surface area contributed by atoms with E-state index in [1.54, 1.807) is 0 Å². The lowest BCUT2D eigenvalue weighted by Crippen LogP contribution is -2.22. The van der Waals surface area contributed by atoms with Gasteiger partial charge >= 0.3 is 0 Å². The molecule has 0 saturated carbocycles. The van der Waals surface area contributed by atoms with E-state index < -0.39 is 0 Å². The van der Waals surface area contributed by atoms with E-state index in [2.05, 4.69) is 12.1 Å². The number of benzene rings is 1. The van der Waals surface area contributed by atoms with E-state index in [1.165, 1.54) is 41.5 Å². The largest absolute Gasteiger partial charge is 0.387 e. The monoisotopic (exact) mass is 236 g/mol. The fourth-order valence-electron chi connectivity index (χ4n) is 2.93. The van der Waals surface area contributed by atoms with E-state index >= 15 is 0 Å². The molecule has 0 bridgehead atoms. The average molecular weight is 237 g/mol. The summed E-state index contributed by atoms with van der Waals surface area (Å²) in [5.74, 6) is 0.619. The highest BCUT2D eigenvalue weighted by molar-refractivity contribution is 5.85. The minimum absolute atomic E-state index is 0. The Morgan fingerprint density at radius 2 is 1.56 bits per heavy atom. The summed E-state index contributed by atoms with van der Waals surface area (Å²) in [6.45, 7) is 0. The van der Waals surface area contributed by atoms with Crippen LogP contribution in [-0.4, -0.2) is 5.84 Å². The molecule has 0 heterocycles. The lowest BCUT2D eigenvalue weighted by atomic mass is 10.0. The van der Waals surface area contributed by atoms with Gasteiger partial charge in [0.05, 0.1) is 5.84 Å². The summed E-state index contributed by atoms with van der Waals surface area (Å²) in [7, 11) is 0. The second-order valence-corrected chi connectivity index (χ2v) is 4.80. The molecule has 0 amide bonds. The molecule has 2 aliphatic carbocycles. The van der Waals surface area contributed by atoms with Crippen molar-refractivity contribution < 1.29 is 0 Å². The zero-order chi connectivity index (χ0) is 10.4. The van der Waals surface area contributed by atoms with E-state index in [-0.39, 0.29) is 18.3 Å². The number of hydrogen-bond acceptors (Lipinski definition) is 1. The Bertz CT molecular complexity index is 407. The third kappa shape index (κ3) is 1.71. The van der Waals surface area contributed by atoms with Crippen LogP contribution >= 0.6 is 12.4 Å². The molecule has 3 rings (SSSR count). The standard InChI is InChI=1S/C13H16N2.ClH/c14-13(15)12-6-10-4-8-2-1-3-9(8)5-11(10)7-12;/h4-5,12H,1-3,6-7H2,(H3,14,15);1H. The van der Waals surface area contributed by atoms with Crippen molar-refractivity contribution in [3.8, 4) is 0 Å². The summed E-state index contributed by atoms with van der Waals surface area (Å²) in [6, 6.07) is 4.72. The Morgan fingerprint density at radius 1 is 1.06 bits per heavy atom. The highest BCUT2D eigenvalue weighted by atomic mass is 35.5. The van der Waals surface area contributed by atoms with Crippen molar-refractivity contribution in [3.63, 3.8) is 0 Å². The van der Waals surface area contributed by atoms with E-state index in [0.717, 1.165) is 12.8 Å². The fraction of sp³-hybridized carbons (Fsp3) is 0.462. The maximum atomic E-state index is 7.51. The summed E-state index contributed by atoms with van der Waals surface area (Å²) >= 11 is 0. The van der Waals surface area contributed by atoms with Gasteiger partial charge in [0.1, 0.15) is 0 Å². The van der Waals surface area contributed by atoms with Gasteiger partial charge < -0.3 is 5.73 Å². The highest BCUT2D eigenvalue weighted by Crippen LogP contribution is 2.32. The van der Waals surface area contributed by atoms with Gasteiger partial charge in [-0.25, -0.2) is 0 Å². The molecular formula is C13H17ClN2. The van der Waals surface area contributed by atoms with Crippen LogP contribution in [0.3, 0.4) is 0 Å². The van der Waals surface area contributed by atoms with E-state index in [4.69, 9.17) is 11.1 Å². The Morgan fingerprint density at radius 3 is 2.00 bits per heavy atom. The van der Waals surface area contributed by atoms with Gasteiger partial charge in [-0.15, -0.1) is 12.4 Å². The van der Waals surface area contributed by atoms with Gasteiger partial charge in [0.15, 0.2) is 0 Å². The average Bonchev–Trinajstić information content (AvgIpc) is 2.77. The van der Waals surface area contributed by atoms with Gasteiger partial charge in [-0.2, -0.15) is 0 Å². The quantitative estimate of drug-likeness (QED) is 0.570. The third-order valence-corrected chi connectivity index (χ3v) is 3.79. The molecule has 1 aromatic carbocycles. The number of rotatable bonds is 1. The fourth-order valence-corrected chi connectivity index (χ4v) is 2.93. The normalized spacial score (nSPS) is 17.8. The van der Waals surface area contributed by atoms with Crippen LogP contribution in [0.5, 0.6) is 0 Å². The van der Waals surface area contributed by atoms with Crippen molar-refractivity contribution in [2.75, 3.05) is 0 Å². The molecular weight excluding hydrogens is 220 g/mol. The molecule has 0 aromatic heterocycles. The number of nitrogens with two attached hydrogens (primary N) is 1. The van der Waals surface area contributed by atoms with Crippen molar-refractivity contribution in [1.29, 1.82) is 5.41 Å². The topological polar surface area (TPSA) is 49.9 Å². The minimum Gasteiger partial charge on any atom is -0.387 e. The van der Waals surface area contributed by atoms with Crippen LogP contribution < -0.4 is 5.73 Å². The number of fused-ring (bicyclic) bond motifs is 2. The first-order valence-electron chi connectivity index (χ1n) is 5.71. The van der Waals surface area contributed by atoms with Crippen LogP contribution in [0.15, 0.2) is 12.1 Å². The SMILES string of the molecule is Cl.N=C(N)C1Cc2cc3c(cc2C1)CCC3. The van der Waals surface area contributed by atoms with Crippen molar-refractivity contribution >= 4 is 18.2 Å². The molecule has 0 aliphatic heterocycles. The van der Waals surface area contributed by atoms with Crippen molar-refractivity contribution in [2.24, 2.45) is 11.7 Å². The maximum absolute atomic E-state index is 7.51. The second kappa shape index (κ2) is 4.10. The molecule has 0 radical (unpaired) electrons. The van der Waals surface area contributed by atoms with Crippen LogP contribution in [0.1, 0.15) is 28.7 Å². The Balaban J connectivity index is 0.000000963.